The van der Waals surface area contributed by atoms with E-state index in [-0.39, 0.29) is 12.1 Å². The third-order valence-corrected chi connectivity index (χ3v) is 3.77. The van der Waals surface area contributed by atoms with Crippen LogP contribution in [0.25, 0.3) is 0 Å². The number of amides is 1. The number of rotatable bonds is 8. The van der Waals surface area contributed by atoms with E-state index in [1.807, 2.05) is 20.8 Å². The standard InChI is InChI=1S/C17H34N2O3/c1-5-6-12-21-13-11-18-14-7-9-15(10-8-14)19-16(20)22-17(2,3)4/h14-15,18H,5-13H2,1-4H3,(H,19,20). The lowest BCUT2D eigenvalue weighted by Crippen LogP contribution is -2.44. The van der Waals surface area contributed by atoms with E-state index in [2.05, 4.69) is 17.6 Å². The molecule has 1 amide bonds. The molecule has 1 aliphatic carbocycles. The summed E-state index contributed by atoms with van der Waals surface area (Å²) in [5.74, 6) is 0. The number of hydrogen-bond donors (Lipinski definition) is 2. The summed E-state index contributed by atoms with van der Waals surface area (Å²) in [6, 6.07) is 0.792. The van der Waals surface area contributed by atoms with E-state index >= 15 is 0 Å². The van der Waals surface area contributed by atoms with Gasteiger partial charge in [0.05, 0.1) is 6.61 Å². The second-order valence-electron chi connectivity index (χ2n) is 7.11. The summed E-state index contributed by atoms with van der Waals surface area (Å²) in [6.07, 6.45) is 6.23. The molecular formula is C17H34N2O3. The largest absolute Gasteiger partial charge is 0.444 e. The van der Waals surface area contributed by atoms with Crippen LogP contribution in [0.3, 0.4) is 0 Å². The van der Waals surface area contributed by atoms with E-state index < -0.39 is 5.60 Å². The Balaban J connectivity index is 2.07. The summed E-state index contributed by atoms with van der Waals surface area (Å²) in [7, 11) is 0. The van der Waals surface area contributed by atoms with Crippen LogP contribution in [0.1, 0.15) is 66.2 Å². The first kappa shape index (κ1) is 19.2. The van der Waals surface area contributed by atoms with Crippen molar-refractivity contribution < 1.29 is 14.3 Å². The molecule has 0 saturated heterocycles. The van der Waals surface area contributed by atoms with Gasteiger partial charge in [0, 0.05) is 25.2 Å². The van der Waals surface area contributed by atoms with Gasteiger partial charge in [0.15, 0.2) is 0 Å². The molecule has 5 heteroatoms. The molecule has 22 heavy (non-hydrogen) atoms. The Kier molecular flexibility index (Phi) is 8.79. The monoisotopic (exact) mass is 314 g/mol. The van der Waals surface area contributed by atoms with Gasteiger partial charge in [-0.15, -0.1) is 0 Å². The maximum Gasteiger partial charge on any atom is 0.407 e. The quantitative estimate of drug-likeness (QED) is 0.675. The lowest BCUT2D eigenvalue weighted by molar-refractivity contribution is 0.0489. The van der Waals surface area contributed by atoms with Crippen molar-refractivity contribution in [2.75, 3.05) is 19.8 Å². The highest BCUT2D eigenvalue weighted by molar-refractivity contribution is 5.68. The SMILES string of the molecule is CCCCOCCNC1CCC(NC(=O)OC(C)(C)C)CC1. The van der Waals surface area contributed by atoms with Crippen molar-refractivity contribution in [3.8, 4) is 0 Å². The molecule has 1 fully saturated rings. The van der Waals surface area contributed by atoms with Crippen molar-refractivity contribution in [2.45, 2.75) is 83.9 Å². The zero-order valence-corrected chi connectivity index (χ0v) is 14.7. The number of alkyl carbamates (subject to hydrolysis) is 1. The van der Waals surface area contributed by atoms with Crippen LogP contribution in [0.15, 0.2) is 0 Å². The molecule has 5 nitrogen and oxygen atoms in total. The van der Waals surface area contributed by atoms with Crippen molar-refractivity contribution in [1.82, 2.24) is 10.6 Å². The van der Waals surface area contributed by atoms with Gasteiger partial charge < -0.3 is 20.1 Å². The van der Waals surface area contributed by atoms with Crippen molar-refractivity contribution >= 4 is 6.09 Å². The highest BCUT2D eigenvalue weighted by Gasteiger charge is 2.24. The molecule has 0 aliphatic heterocycles. The van der Waals surface area contributed by atoms with E-state index in [4.69, 9.17) is 9.47 Å². The molecule has 0 aromatic heterocycles. The highest BCUT2D eigenvalue weighted by Crippen LogP contribution is 2.19. The fraction of sp³-hybridized carbons (Fsp3) is 0.941. The molecule has 0 radical (unpaired) electrons. The maximum atomic E-state index is 11.7. The topological polar surface area (TPSA) is 59.6 Å². The van der Waals surface area contributed by atoms with Crippen LogP contribution in [-0.4, -0.2) is 43.5 Å². The zero-order valence-electron chi connectivity index (χ0n) is 14.7. The third kappa shape index (κ3) is 9.26. The van der Waals surface area contributed by atoms with Crippen molar-refractivity contribution in [3.63, 3.8) is 0 Å². The second-order valence-corrected chi connectivity index (χ2v) is 7.11. The molecule has 0 spiro atoms. The number of carbonyl (C=O) groups is 1. The molecule has 0 heterocycles. The summed E-state index contributed by atoms with van der Waals surface area (Å²) < 4.78 is 10.8. The summed E-state index contributed by atoms with van der Waals surface area (Å²) in [5, 5.41) is 6.51. The normalized spacial score (nSPS) is 22.4. The lowest BCUT2D eigenvalue weighted by atomic mass is 9.91. The van der Waals surface area contributed by atoms with Gasteiger partial charge in [0.25, 0.3) is 0 Å². The highest BCUT2D eigenvalue weighted by atomic mass is 16.6. The Bertz CT molecular complexity index is 308. The second kappa shape index (κ2) is 10.1. The van der Waals surface area contributed by atoms with Crippen LogP contribution in [0.4, 0.5) is 4.79 Å². The van der Waals surface area contributed by atoms with Gasteiger partial charge in [0.1, 0.15) is 5.60 Å². The Hall–Kier alpha value is -0.810. The predicted octanol–water partition coefficient (Wildman–Crippen LogP) is 3.23. The zero-order chi connectivity index (χ0) is 16.4. The molecule has 0 atom stereocenters. The fourth-order valence-corrected chi connectivity index (χ4v) is 2.60. The van der Waals surface area contributed by atoms with Gasteiger partial charge in [-0.25, -0.2) is 4.79 Å². The minimum atomic E-state index is -0.430. The van der Waals surface area contributed by atoms with E-state index in [1.165, 1.54) is 6.42 Å². The Morgan fingerprint density at radius 2 is 1.73 bits per heavy atom. The Morgan fingerprint density at radius 1 is 1.09 bits per heavy atom. The molecule has 0 aromatic rings. The van der Waals surface area contributed by atoms with Crippen LogP contribution in [-0.2, 0) is 9.47 Å². The van der Waals surface area contributed by atoms with Crippen LogP contribution in [0.2, 0.25) is 0 Å². The molecule has 1 aliphatic rings. The smallest absolute Gasteiger partial charge is 0.407 e. The number of nitrogens with one attached hydrogen (secondary N) is 2. The van der Waals surface area contributed by atoms with Crippen LogP contribution >= 0.6 is 0 Å². The first-order valence-corrected chi connectivity index (χ1v) is 8.71. The summed E-state index contributed by atoms with van der Waals surface area (Å²) in [5.41, 5.74) is -0.430. The van der Waals surface area contributed by atoms with Crippen LogP contribution in [0, 0.1) is 0 Å². The minimum Gasteiger partial charge on any atom is -0.444 e. The number of ether oxygens (including phenoxy) is 2. The summed E-state index contributed by atoms with van der Waals surface area (Å²) in [4.78, 5) is 11.7. The van der Waals surface area contributed by atoms with Gasteiger partial charge in [-0.2, -0.15) is 0 Å². The minimum absolute atomic E-state index is 0.244. The lowest BCUT2D eigenvalue weighted by Gasteiger charge is -2.30. The van der Waals surface area contributed by atoms with Crippen molar-refractivity contribution in [3.05, 3.63) is 0 Å². The van der Waals surface area contributed by atoms with Gasteiger partial charge in [-0.3, -0.25) is 0 Å². The molecule has 1 saturated carbocycles. The van der Waals surface area contributed by atoms with Crippen LogP contribution < -0.4 is 10.6 Å². The summed E-state index contributed by atoms with van der Waals surface area (Å²) >= 11 is 0. The van der Waals surface area contributed by atoms with E-state index in [9.17, 15) is 4.79 Å². The van der Waals surface area contributed by atoms with Gasteiger partial charge in [0.2, 0.25) is 0 Å². The van der Waals surface area contributed by atoms with E-state index in [0.29, 0.717) is 6.04 Å². The molecular weight excluding hydrogens is 280 g/mol. The molecule has 0 unspecified atom stereocenters. The van der Waals surface area contributed by atoms with Crippen molar-refractivity contribution in [2.24, 2.45) is 0 Å². The molecule has 130 valence electrons. The molecule has 0 bridgehead atoms. The maximum absolute atomic E-state index is 11.7. The molecule has 0 aromatic carbocycles. The number of carbonyl (C=O) groups excluding carboxylic acids is 1. The average molecular weight is 314 g/mol. The van der Waals surface area contributed by atoms with E-state index in [0.717, 1.165) is 51.9 Å². The predicted molar refractivity (Wildman–Crippen MR) is 89.1 cm³/mol. The number of unbranched alkanes of at least 4 members (excludes halogenated alkanes) is 1. The first-order chi connectivity index (χ1) is 10.4. The third-order valence-electron chi connectivity index (χ3n) is 3.77. The van der Waals surface area contributed by atoms with Gasteiger partial charge >= 0.3 is 6.09 Å². The Morgan fingerprint density at radius 3 is 2.32 bits per heavy atom. The van der Waals surface area contributed by atoms with Crippen molar-refractivity contribution in [1.29, 1.82) is 0 Å². The van der Waals surface area contributed by atoms with Gasteiger partial charge in [-0.1, -0.05) is 13.3 Å². The summed E-state index contributed by atoms with van der Waals surface area (Å²) in [6.45, 7) is 10.4. The number of hydrogen-bond acceptors (Lipinski definition) is 4. The molecule has 1 rings (SSSR count). The average Bonchev–Trinajstić information content (AvgIpc) is 2.42. The van der Waals surface area contributed by atoms with Gasteiger partial charge in [-0.05, 0) is 52.9 Å². The molecule has 2 N–H and O–H groups in total. The van der Waals surface area contributed by atoms with E-state index in [1.54, 1.807) is 0 Å². The Labute approximate surface area is 135 Å². The fourth-order valence-electron chi connectivity index (χ4n) is 2.60. The first-order valence-electron chi connectivity index (χ1n) is 8.71. The van der Waals surface area contributed by atoms with Crippen LogP contribution in [0.5, 0.6) is 0 Å².